The van der Waals surface area contributed by atoms with E-state index in [1.54, 1.807) is 0 Å². The zero-order chi connectivity index (χ0) is 18.9. The first-order valence-electron chi connectivity index (χ1n) is 9.59. The molecular formula is C20H30N4O2. The third kappa shape index (κ3) is 3.51. The molecule has 142 valence electrons. The van der Waals surface area contributed by atoms with Crippen molar-refractivity contribution >= 4 is 11.7 Å². The summed E-state index contributed by atoms with van der Waals surface area (Å²) in [5, 5.41) is 12.7. The summed E-state index contributed by atoms with van der Waals surface area (Å²) < 4.78 is 7.73. The lowest BCUT2D eigenvalue weighted by atomic mass is 10.0. The van der Waals surface area contributed by atoms with Crippen LogP contribution in [0.4, 0.5) is 5.82 Å². The van der Waals surface area contributed by atoms with E-state index >= 15 is 0 Å². The van der Waals surface area contributed by atoms with Gasteiger partial charge in [0.15, 0.2) is 0 Å². The number of nitrogens with one attached hydrogen (secondary N) is 1. The average Bonchev–Trinajstić information content (AvgIpc) is 3.17. The first kappa shape index (κ1) is 18.9. The monoisotopic (exact) mass is 358 g/mol. The van der Waals surface area contributed by atoms with Gasteiger partial charge >= 0.3 is 0 Å². The highest BCUT2D eigenvalue weighted by atomic mass is 16.5. The van der Waals surface area contributed by atoms with Crippen molar-refractivity contribution in [3.63, 3.8) is 0 Å². The van der Waals surface area contributed by atoms with Gasteiger partial charge in [0.25, 0.3) is 0 Å². The molecule has 1 saturated heterocycles. The Morgan fingerprint density at radius 1 is 1.35 bits per heavy atom. The van der Waals surface area contributed by atoms with Gasteiger partial charge in [-0.3, -0.25) is 9.69 Å². The maximum absolute atomic E-state index is 12.8. The van der Waals surface area contributed by atoms with E-state index in [4.69, 9.17) is 4.74 Å². The molecule has 0 spiro atoms. The van der Waals surface area contributed by atoms with Gasteiger partial charge in [-0.05, 0) is 46.1 Å². The maximum Gasteiger partial charge on any atom is 0.239 e. The third-order valence-corrected chi connectivity index (χ3v) is 5.97. The predicted octanol–water partition coefficient (Wildman–Crippen LogP) is 3.14. The number of nitriles is 1. The summed E-state index contributed by atoms with van der Waals surface area (Å²) >= 11 is 0. The molecule has 1 N–H and O–H groups in total. The van der Waals surface area contributed by atoms with Gasteiger partial charge < -0.3 is 14.6 Å². The SMILES string of the molecule is Cc1c(C#N)c(NC(=O)CN2CCOCC2(C)C)n(C2CCCC2)c1C. The lowest BCUT2D eigenvalue weighted by molar-refractivity contribution is -0.122. The highest BCUT2D eigenvalue weighted by Gasteiger charge is 2.33. The number of morpholine rings is 1. The summed E-state index contributed by atoms with van der Waals surface area (Å²) in [6, 6.07) is 2.69. The molecule has 6 nitrogen and oxygen atoms in total. The minimum atomic E-state index is -0.160. The smallest absolute Gasteiger partial charge is 0.239 e. The molecule has 0 radical (unpaired) electrons. The Morgan fingerprint density at radius 3 is 2.65 bits per heavy atom. The first-order chi connectivity index (χ1) is 12.3. The largest absolute Gasteiger partial charge is 0.378 e. The minimum absolute atomic E-state index is 0.0618. The maximum atomic E-state index is 12.8. The summed E-state index contributed by atoms with van der Waals surface area (Å²) in [5.74, 6) is 0.624. The molecule has 0 unspecified atom stereocenters. The Morgan fingerprint density at radius 2 is 2.04 bits per heavy atom. The number of rotatable bonds is 4. The standard InChI is InChI=1S/C20H30N4O2/c1-14-15(2)24(16-7-5-6-8-16)19(17(14)11-21)22-18(25)12-23-9-10-26-13-20(23,3)4/h16H,5-10,12-13H2,1-4H3,(H,22,25). The van der Waals surface area contributed by atoms with E-state index in [9.17, 15) is 10.1 Å². The normalized spacial score (nSPS) is 20.9. The van der Waals surface area contributed by atoms with Crippen LogP contribution in [0, 0.1) is 25.2 Å². The van der Waals surface area contributed by atoms with Crippen LogP contribution in [0.25, 0.3) is 0 Å². The highest BCUT2D eigenvalue weighted by Crippen LogP contribution is 2.37. The summed E-state index contributed by atoms with van der Waals surface area (Å²) in [4.78, 5) is 15.0. The van der Waals surface area contributed by atoms with Crippen LogP contribution in [-0.2, 0) is 9.53 Å². The molecule has 0 atom stereocenters. The second kappa shape index (κ2) is 7.42. The van der Waals surface area contributed by atoms with Crippen molar-refractivity contribution in [3.8, 4) is 6.07 Å². The number of hydrogen-bond acceptors (Lipinski definition) is 4. The molecule has 1 aliphatic heterocycles. The van der Waals surface area contributed by atoms with Gasteiger partial charge in [0.05, 0.1) is 25.3 Å². The van der Waals surface area contributed by atoms with E-state index in [-0.39, 0.29) is 11.4 Å². The fourth-order valence-corrected chi connectivity index (χ4v) is 4.23. The van der Waals surface area contributed by atoms with Crippen molar-refractivity contribution in [2.45, 2.75) is 65.0 Å². The van der Waals surface area contributed by atoms with Crippen LogP contribution in [0.15, 0.2) is 0 Å². The van der Waals surface area contributed by atoms with Crippen LogP contribution < -0.4 is 5.32 Å². The molecule has 6 heteroatoms. The van der Waals surface area contributed by atoms with Gasteiger partial charge in [0.2, 0.25) is 5.91 Å². The van der Waals surface area contributed by atoms with E-state index in [1.807, 2.05) is 6.92 Å². The molecular weight excluding hydrogens is 328 g/mol. The van der Waals surface area contributed by atoms with Crippen molar-refractivity contribution in [1.82, 2.24) is 9.47 Å². The quantitative estimate of drug-likeness (QED) is 0.898. The summed E-state index contributed by atoms with van der Waals surface area (Å²) in [5.41, 5.74) is 2.51. The molecule has 1 aliphatic carbocycles. The second-order valence-corrected chi connectivity index (χ2v) is 8.19. The van der Waals surface area contributed by atoms with Gasteiger partial charge in [-0.1, -0.05) is 12.8 Å². The van der Waals surface area contributed by atoms with Gasteiger partial charge in [0, 0.05) is 23.8 Å². The number of nitrogens with zero attached hydrogens (tertiary/aromatic N) is 3. The summed E-state index contributed by atoms with van der Waals surface area (Å²) in [7, 11) is 0. The Kier molecular flexibility index (Phi) is 5.40. The molecule has 3 rings (SSSR count). The lowest BCUT2D eigenvalue weighted by Crippen LogP contribution is -2.55. The molecule has 1 amide bonds. The highest BCUT2D eigenvalue weighted by molar-refractivity contribution is 5.93. The minimum Gasteiger partial charge on any atom is -0.378 e. The Balaban J connectivity index is 1.83. The Labute approximate surface area is 156 Å². The number of carbonyl (C=O) groups excluding carboxylic acids is 1. The van der Waals surface area contributed by atoms with Crippen LogP contribution in [-0.4, -0.2) is 47.2 Å². The van der Waals surface area contributed by atoms with Gasteiger partial charge in [-0.15, -0.1) is 0 Å². The molecule has 1 saturated carbocycles. The van der Waals surface area contributed by atoms with Crippen LogP contribution in [0.1, 0.15) is 62.4 Å². The number of carbonyl (C=O) groups is 1. The van der Waals surface area contributed by atoms with Crippen LogP contribution in [0.2, 0.25) is 0 Å². The summed E-state index contributed by atoms with van der Waals surface area (Å²) in [6.07, 6.45) is 4.63. The first-order valence-corrected chi connectivity index (χ1v) is 9.59. The molecule has 2 aliphatic rings. The van der Waals surface area contributed by atoms with Crippen molar-refractivity contribution in [1.29, 1.82) is 5.26 Å². The number of aromatic nitrogens is 1. The van der Waals surface area contributed by atoms with Crippen molar-refractivity contribution < 1.29 is 9.53 Å². The van der Waals surface area contributed by atoms with Crippen molar-refractivity contribution in [2.24, 2.45) is 0 Å². The summed E-state index contributed by atoms with van der Waals surface area (Å²) in [6.45, 7) is 10.5. The number of amides is 1. The van der Waals surface area contributed by atoms with E-state index in [2.05, 4.69) is 41.6 Å². The molecule has 0 aromatic carbocycles. The molecule has 2 fully saturated rings. The number of ether oxygens (including phenoxy) is 1. The van der Waals surface area contributed by atoms with Crippen molar-refractivity contribution in [2.75, 3.05) is 31.6 Å². The van der Waals surface area contributed by atoms with Gasteiger partial charge in [-0.25, -0.2) is 0 Å². The fourth-order valence-electron chi connectivity index (χ4n) is 4.23. The van der Waals surface area contributed by atoms with Crippen LogP contribution in [0.3, 0.4) is 0 Å². The third-order valence-electron chi connectivity index (χ3n) is 5.97. The van der Waals surface area contributed by atoms with Crippen LogP contribution in [0.5, 0.6) is 0 Å². The van der Waals surface area contributed by atoms with Crippen molar-refractivity contribution in [3.05, 3.63) is 16.8 Å². The predicted molar refractivity (Wildman–Crippen MR) is 101 cm³/mol. The van der Waals surface area contributed by atoms with E-state index in [0.717, 1.165) is 30.6 Å². The second-order valence-electron chi connectivity index (χ2n) is 8.19. The molecule has 2 heterocycles. The number of hydrogen-bond donors (Lipinski definition) is 1. The average molecular weight is 358 g/mol. The van der Waals surface area contributed by atoms with E-state index < -0.39 is 0 Å². The van der Waals surface area contributed by atoms with Crippen LogP contribution >= 0.6 is 0 Å². The molecule has 1 aromatic heterocycles. The fraction of sp³-hybridized carbons (Fsp3) is 0.700. The van der Waals surface area contributed by atoms with E-state index in [0.29, 0.717) is 37.2 Å². The molecule has 0 bridgehead atoms. The Hall–Kier alpha value is -1.84. The number of anilines is 1. The zero-order valence-corrected chi connectivity index (χ0v) is 16.4. The zero-order valence-electron chi connectivity index (χ0n) is 16.4. The van der Waals surface area contributed by atoms with E-state index in [1.165, 1.54) is 12.8 Å². The molecule has 1 aromatic rings. The van der Waals surface area contributed by atoms with Gasteiger partial charge in [0.1, 0.15) is 11.9 Å². The van der Waals surface area contributed by atoms with Gasteiger partial charge in [-0.2, -0.15) is 5.26 Å². The Bertz CT molecular complexity index is 723. The molecule has 26 heavy (non-hydrogen) atoms. The lowest BCUT2D eigenvalue weighted by Gasteiger charge is -2.41. The topological polar surface area (TPSA) is 70.3 Å².